The standard InChI is InChI=1S/C27H32N4O2S/c1-6-19(3)16-26-25(18-29-31(26)23-14-8-20(4)9-15-23)24(7-2)27(32)28-17-21-10-12-22(13-11-21)30-34(5)33/h7-16,18,30H,6,17H2,1-5H3,(H,28,32)/b19-16+,24-7+. The van der Waals surface area contributed by atoms with Crippen LogP contribution in [0.25, 0.3) is 17.3 Å². The van der Waals surface area contributed by atoms with Gasteiger partial charge < -0.3 is 10.0 Å². The molecule has 7 heteroatoms. The number of nitrogens with zero attached hydrogens (tertiary/aromatic N) is 2. The number of hydrogen-bond acceptors (Lipinski definition) is 3. The summed E-state index contributed by atoms with van der Waals surface area (Å²) in [5, 5.41) is 7.64. The van der Waals surface area contributed by atoms with E-state index in [1.54, 1.807) is 12.5 Å². The smallest absolute Gasteiger partial charge is 0.251 e. The molecule has 0 aliphatic heterocycles. The lowest BCUT2D eigenvalue weighted by molar-refractivity contribution is -0.115. The number of rotatable bonds is 9. The third-order valence-electron chi connectivity index (χ3n) is 5.52. The van der Waals surface area contributed by atoms with Crippen LogP contribution in [0.1, 0.15) is 49.6 Å². The van der Waals surface area contributed by atoms with E-state index < -0.39 is 11.0 Å². The van der Waals surface area contributed by atoms with Gasteiger partial charge in [0.15, 0.2) is 0 Å². The van der Waals surface area contributed by atoms with Crippen molar-refractivity contribution in [3.05, 3.63) is 88.8 Å². The predicted molar refractivity (Wildman–Crippen MR) is 142 cm³/mol. The van der Waals surface area contributed by atoms with E-state index in [-0.39, 0.29) is 5.91 Å². The van der Waals surface area contributed by atoms with Crippen LogP contribution in [0.15, 0.2) is 66.4 Å². The lowest BCUT2D eigenvalue weighted by Gasteiger charge is -2.12. The van der Waals surface area contributed by atoms with Crippen LogP contribution >= 0.6 is 0 Å². The minimum Gasteiger partial charge on any atom is -0.348 e. The van der Waals surface area contributed by atoms with Gasteiger partial charge in [-0.05, 0) is 63.1 Å². The van der Waals surface area contributed by atoms with Gasteiger partial charge in [0.1, 0.15) is 11.0 Å². The summed E-state index contributed by atoms with van der Waals surface area (Å²) in [6.45, 7) is 8.50. The topological polar surface area (TPSA) is 76.0 Å². The number of allylic oxidation sites excluding steroid dienone is 2. The Balaban J connectivity index is 1.85. The fourth-order valence-corrected chi connectivity index (χ4v) is 3.94. The molecular weight excluding hydrogens is 444 g/mol. The molecule has 0 saturated carbocycles. The quantitative estimate of drug-likeness (QED) is 0.405. The summed E-state index contributed by atoms with van der Waals surface area (Å²) in [5.74, 6) is -0.161. The number of amides is 1. The summed E-state index contributed by atoms with van der Waals surface area (Å²) in [5.41, 5.74) is 7.31. The lowest BCUT2D eigenvalue weighted by Crippen LogP contribution is -2.24. The van der Waals surface area contributed by atoms with Crippen molar-refractivity contribution in [2.75, 3.05) is 11.0 Å². The molecule has 6 nitrogen and oxygen atoms in total. The van der Waals surface area contributed by atoms with Crippen molar-refractivity contribution in [1.82, 2.24) is 15.1 Å². The molecule has 1 aromatic heterocycles. The molecule has 178 valence electrons. The predicted octanol–water partition coefficient (Wildman–Crippen LogP) is 5.42. The highest BCUT2D eigenvalue weighted by Gasteiger charge is 2.19. The van der Waals surface area contributed by atoms with Gasteiger partial charge in [-0.15, -0.1) is 0 Å². The Kier molecular flexibility index (Phi) is 8.60. The summed E-state index contributed by atoms with van der Waals surface area (Å²) in [6, 6.07) is 15.7. The number of carbonyl (C=O) groups excluding carboxylic acids is 1. The van der Waals surface area contributed by atoms with E-state index in [2.05, 4.69) is 54.1 Å². The van der Waals surface area contributed by atoms with E-state index >= 15 is 0 Å². The first-order valence-corrected chi connectivity index (χ1v) is 12.8. The van der Waals surface area contributed by atoms with Crippen molar-refractivity contribution in [2.45, 2.75) is 40.7 Å². The molecule has 0 aliphatic rings. The zero-order valence-electron chi connectivity index (χ0n) is 20.4. The van der Waals surface area contributed by atoms with Crippen molar-refractivity contribution in [1.29, 1.82) is 0 Å². The van der Waals surface area contributed by atoms with Crippen LogP contribution in [0, 0.1) is 6.92 Å². The third-order valence-corrected chi connectivity index (χ3v) is 6.04. The van der Waals surface area contributed by atoms with E-state index in [1.807, 2.05) is 54.1 Å². The van der Waals surface area contributed by atoms with Gasteiger partial charge in [0, 0.05) is 29.6 Å². The average Bonchev–Trinajstić information content (AvgIpc) is 3.22. The van der Waals surface area contributed by atoms with E-state index in [9.17, 15) is 9.00 Å². The van der Waals surface area contributed by atoms with Gasteiger partial charge in [0.2, 0.25) is 0 Å². The minimum absolute atomic E-state index is 0.161. The monoisotopic (exact) mass is 476 g/mol. The van der Waals surface area contributed by atoms with Crippen LogP contribution in [0.4, 0.5) is 5.69 Å². The van der Waals surface area contributed by atoms with Crippen LogP contribution in [0.2, 0.25) is 0 Å². The van der Waals surface area contributed by atoms with Crippen molar-refractivity contribution in [3.8, 4) is 5.69 Å². The van der Waals surface area contributed by atoms with Gasteiger partial charge in [-0.1, -0.05) is 48.4 Å². The molecule has 34 heavy (non-hydrogen) atoms. The van der Waals surface area contributed by atoms with E-state index in [1.165, 1.54) is 11.1 Å². The first-order chi connectivity index (χ1) is 16.3. The van der Waals surface area contributed by atoms with E-state index in [0.29, 0.717) is 12.1 Å². The van der Waals surface area contributed by atoms with E-state index in [0.717, 1.165) is 34.6 Å². The fourth-order valence-electron chi connectivity index (χ4n) is 3.47. The maximum atomic E-state index is 13.2. The molecule has 0 radical (unpaired) electrons. The number of aromatic nitrogens is 2. The van der Waals surface area contributed by atoms with Gasteiger partial charge in [-0.3, -0.25) is 4.79 Å². The Hall–Kier alpha value is -3.45. The van der Waals surface area contributed by atoms with Crippen LogP contribution in [-0.4, -0.2) is 26.2 Å². The molecule has 3 rings (SSSR count). The molecule has 2 N–H and O–H groups in total. The number of nitrogens with one attached hydrogen (secondary N) is 2. The van der Waals surface area contributed by atoms with Gasteiger partial charge in [-0.25, -0.2) is 8.89 Å². The first kappa shape index (κ1) is 25.2. The molecule has 1 unspecified atom stereocenters. The fraction of sp³-hybridized carbons (Fsp3) is 0.259. The number of carbonyl (C=O) groups is 1. The number of hydrogen-bond donors (Lipinski definition) is 2. The molecule has 0 fully saturated rings. The van der Waals surface area contributed by atoms with Crippen LogP contribution < -0.4 is 10.0 Å². The molecule has 1 atom stereocenters. The van der Waals surface area contributed by atoms with Crippen LogP contribution in [-0.2, 0) is 22.3 Å². The van der Waals surface area contributed by atoms with Gasteiger partial charge in [0.25, 0.3) is 5.91 Å². The van der Waals surface area contributed by atoms with Crippen LogP contribution in [0.3, 0.4) is 0 Å². The summed E-state index contributed by atoms with van der Waals surface area (Å²) in [6.07, 6.45) is 8.18. The second-order valence-electron chi connectivity index (χ2n) is 8.17. The van der Waals surface area contributed by atoms with Crippen molar-refractivity contribution in [2.24, 2.45) is 0 Å². The minimum atomic E-state index is -1.12. The Morgan fingerprint density at radius 1 is 1.12 bits per heavy atom. The molecule has 1 amide bonds. The van der Waals surface area contributed by atoms with Crippen LogP contribution in [0.5, 0.6) is 0 Å². The SMILES string of the molecule is C/C=C(/C(=O)NCc1ccc(NS(C)=O)cc1)c1cnn(-c2ccc(C)cc2)c1/C=C(\C)CC. The molecule has 3 aromatic rings. The average molecular weight is 477 g/mol. The highest BCUT2D eigenvalue weighted by atomic mass is 32.2. The zero-order valence-corrected chi connectivity index (χ0v) is 21.2. The Labute approximate surface area is 204 Å². The first-order valence-electron chi connectivity index (χ1n) is 11.3. The molecule has 0 bridgehead atoms. The molecule has 0 spiro atoms. The number of aryl methyl sites for hydroxylation is 1. The summed E-state index contributed by atoms with van der Waals surface area (Å²) in [7, 11) is -1.12. The number of anilines is 1. The van der Waals surface area contributed by atoms with Gasteiger partial charge in [0.05, 0.1) is 17.6 Å². The third kappa shape index (κ3) is 6.32. The van der Waals surface area contributed by atoms with E-state index in [4.69, 9.17) is 0 Å². The van der Waals surface area contributed by atoms with Crippen molar-refractivity contribution in [3.63, 3.8) is 0 Å². The number of benzene rings is 2. The van der Waals surface area contributed by atoms with Crippen molar-refractivity contribution >= 4 is 34.2 Å². The lowest BCUT2D eigenvalue weighted by atomic mass is 10.0. The summed E-state index contributed by atoms with van der Waals surface area (Å²) >= 11 is 0. The Morgan fingerprint density at radius 3 is 2.38 bits per heavy atom. The summed E-state index contributed by atoms with van der Waals surface area (Å²) < 4.78 is 16.0. The maximum absolute atomic E-state index is 13.2. The second kappa shape index (κ2) is 11.6. The Morgan fingerprint density at radius 2 is 1.79 bits per heavy atom. The largest absolute Gasteiger partial charge is 0.348 e. The van der Waals surface area contributed by atoms with Gasteiger partial charge >= 0.3 is 0 Å². The van der Waals surface area contributed by atoms with Gasteiger partial charge in [-0.2, -0.15) is 5.10 Å². The normalized spacial score (nSPS) is 13.0. The summed E-state index contributed by atoms with van der Waals surface area (Å²) in [4.78, 5) is 13.2. The second-order valence-corrected chi connectivity index (χ2v) is 9.29. The highest BCUT2D eigenvalue weighted by Crippen LogP contribution is 2.26. The Bertz CT molecular complexity index is 1220. The van der Waals surface area contributed by atoms with Crippen molar-refractivity contribution < 1.29 is 9.00 Å². The molecule has 0 saturated heterocycles. The molecular formula is C27H32N4O2S. The maximum Gasteiger partial charge on any atom is 0.251 e. The molecule has 2 aromatic carbocycles. The zero-order chi connectivity index (χ0) is 24.7. The molecule has 1 heterocycles. The molecule has 0 aliphatic carbocycles. The highest BCUT2D eigenvalue weighted by molar-refractivity contribution is 7.85.